The fourth-order valence-electron chi connectivity index (χ4n) is 2.51. The van der Waals surface area contributed by atoms with E-state index in [0.29, 0.717) is 16.8 Å². The van der Waals surface area contributed by atoms with E-state index in [4.69, 9.17) is 38.4 Å². The van der Waals surface area contributed by atoms with Gasteiger partial charge < -0.3 is 15.2 Å². The Kier molecular flexibility index (Phi) is 6.78. The summed E-state index contributed by atoms with van der Waals surface area (Å²) < 4.78 is 90.5. The van der Waals surface area contributed by atoms with Gasteiger partial charge in [-0.05, 0) is 26.0 Å². The number of methoxy groups -OCH3 is 1. The van der Waals surface area contributed by atoms with Gasteiger partial charge in [-0.15, -0.1) is 0 Å². The SMILES string of the molecule is COC(C)(C)OC(c1c(C#N)nn(-c2c(Cl)cc(C(F)(F)F)cc2Cl)c1N)C(F)(F)F. The minimum absolute atomic E-state index is 0.441. The first kappa shape index (κ1) is 25.1. The van der Waals surface area contributed by atoms with E-state index in [1.165, 1.54) is 19.9 Å². The molecule has 14 heteroatoms. The van der Waals surface area contributed by atoms with Crippen LogP contribution in [0.2, 0.25) is 10.0 Å². The van der Waals surface area contributed by atoms with Crippen molar-refractivity contribution >= 4 is 29.0 Å². The summed E-state index contributed by atoms with van der Waals surface area (Å²) >= 11 is 11.8. The lowest BCUT2D eigenvalue weighted by atomic mass is 10.1. The molecule has 1 heterocycles. The molecule has 31 heavy (non-hydrogen) atoms. The van der Waals surface area contributed by atoms with Crippen LogP contribution in [0.1, 0.15) is 36.8 Å². The maximum absolute atomic E-state index is 13.8. The molecule has 0 radical (unpaired) electrons. The first-order valence-corrected chi connectivity index (χ1v) is 8.94. The zero-order chi connectivity index (χ0) is 23.9. The number of aromatic nitrogens is 2. The van der Waals surface area contributed by atoms with Gasteiger partial charge in [-0.25, -0.2) is 4.68 Å². The molecule has 1 unspecified atom stereocenters. The topological polar surface area (TPSA) is 86.1 Å². The second-order valence-electron chi connectivity index (χ2n) is 6.60. The van der Waals surface area contributed by atoms with Crippen molar-refractivity contribution < 1.29 is 35.8 Å². The van der Waals surface area contributed by atoms with Gasteiger partial charge in [-0.1, -0.05) is 23.2 Å². The zero-order valence-electron chi connectivity index (χ0n) is 16.0. The monoisotopic (exact) mass is 490 g/mol. The van der Waals surface area contributed by atoms with E-state index in [-0.39, 0.29) is 0 Å². The van der Waals surface area contributed by atoms with E-state index in [0.717, 1.165) is 7.11 Å². The number of halogens is 8. The lowest BCUT2D eigenvalue weighted by Crippen LogP contribution is -2.35. The predicted octanol–water partition coefficient (Wildman–Crippen LogP) is 5.65. The largest absolute Gasteiger partial charge is 0.419 e. The third kappa shape index (κ3) is 5.17. The summed E-state index contributed by atoms with van der Waals surface area (Å²) in [6, 6.07) is 2.46. The maximum atomic E-state index is 13.8. The Labute approximate surface area is 182 Å². The van der Waals surface area contributed by atoms with E-state index in [1.807, 2.05) is 0 Å². The number of anilines is 1. The highest BCUT2D eigenvalue weighted by atomic mass is 35.5. The maximum Gasteiger partial charge on any atom is 0.419 e. The van der Waals surface area contributed by atoms with Crippen LogP contribution in [0, 0.1) is 11.3 Å². The summed E-state index contributed by atoms with van der Waals surface area (Å²) in [6.45, 7) is 2.39. The average Bonchev–Trinajstić information content (AvgIpc) is 2.93. The van der Waals surface area contributed by atoms with Crippen LogP contribution in [0.5, 0.6) is 0 Å². The molecule has 0 aliphatic rings. The first-order valence-electron chi connectivity index (χ1n) is 8.18. The molecule has 0 saturated carbocycles. The summed E-state index contributed by atoms with van der Waals surface area (Å²) in [5.41, 5.74) is 2.52. The van der Waals surface area contributed by atoms with Crippen LogP contribution in [0.15, 0.2) is 12.1 Å². The van der Waals surface area contributed by atoms with Crippen LogP contribution in [-0.4, -0.2) is 28.9 Å². The molecule has 0 spiro atoms. The molecule has 0 saturated heterocycles. The van der Waals surface area contributed by atoms with Gasteiger partial charge in [0.15, 0.2) is 17.6 Å². The Balaban J connectivity index is 2.75. The third-order valence-corrected chi connectivity index (χ3v) is 4.65. The summed E-state index contributed by atoms with van der Waals surface area (Å²) in [6.07, 6.45) is -12.6. The summed E-state index contributed by atoms with van der Waals surface area (Å²) in [5, 5.41) is 11.8. The van der Waals surface area contributed by atoms with E-state index in [1.54, 1.807) is 0 Å². The second kappa shape index (κ2) is 8.38. The number of ether oxygens (including phenoxy) is 2. The fourth-order valence-corrected chi connectivity index (χ4v) is 3.15. The van der Waals surface area contributed by atoms with Crippen molar-refractivity contribution in [2.24, 2.45) is 0 Å². The summed E-state index contributed by atoms with van der Waals surface area (Å²) in [4.78, 5) is 0. The molecule has 1 aromatic carbocycles. The highest BCUT2D eigenvalue weighted by molar-refractivity contribution is 6.38. The van der Waals surface area contributed by atoms with Gasteiger partial charge in [0.05, 0.1) is 21.2 Å². The van der Waals surface area contributed by atoms with Crippen molar-refractivity contribution in [3.63, 3.8) is 0 Å². The van der Waals surface area contributed by atoms with E-state index >= 15 is 0 Å². The van der Waals surface area contributed by atoms with Crippen LogP contribution in [0.3, 0.4) is 0 Å². The quantitative estimate of drug-likeness (QED) is 0.432. The number of nitrogens with zero attached hydrogens (tertiary/aromatic N) is 3. The molecule has 2 rings (SSSR count). The molecule has 0 fully saturated rings. The van der Waals surface area contributed by atoms with Crippen LogP contribution >= 0.6 is 23.2 Å². The normalized spacial score (nSPS) is 13.9. The Bertz CT molecular complexity index is 1000. The van der Waals surface area contributed by atoms with Gasteiger partial charge in [0.1, 0.15) is 17.6 Å². The van der Waals surface area contributed by atoms with Gasteiger partial charge in [0, 0.05) is 7.11 Å². The van der Waals surface area contributed by atoms with Crippen LogP contribution in [-0.2, 0) is 15.7 Å². The van der Waals surface area contributed by atoms with E-state index in [2.05, 4.69) is 5.10 Å². The highest BCUT2D eigenvalue weighted by Gasteiger charge is 2.49. The molecule has 0 aliphatic carbocycles. The van der Waals surface area contributed by atoms with Crippen molar-refractivity contribution in [3.05, 3.63) is 39.0 Å². The average molecular weight is 491 g/mol. The lowest BCUT2D eigenvalue weighted by molar-refractivity contribution is -0.304. The lowest BCUT2D eigenvalue weighted by Gasteiger charge is -2.30. The molecule has 1 aromatic heterocycles. The number of rotatable bonds is 5. The first-order chi connectivity index (χ1) is 14.0. The Hall–Kier alpha value is -2.20. The number of nitriles is 1. The zero-order valence-corrected chi connectivity index (χ0v) is 17.5. The Morgan fingerprint density at radius 3 is 2.03 bits per heavy atom. The smallest absolute Gasteiger partial charge is 0.383 e. The van der Waals surface area contributed by atoms with Crippen LogP contribution in [0.4, 0.5) is 32.2 Å². The van der Waals surface area contributed by atoms with Crippen LogP contribution in [0.25, 0.3) is 5.69 Å². The van der Waals surface area contributed by atoms with Crippen molar-refractivity contribution in [1.29, 1.82) is 5.26 Å². The predicted molar refractivity (Wildman–Crippen MR) is 98.7 cm³/mol. The van der Waals surface area contributed by atoms with Gasteiger partial charge in [-0.2, -0.15) is 36.7 Å². The molecule has 1 atom stereocenters. The number of nitrogen functional groups attached to an aromatic ring is 1. The molecule has 2 aromatic rings. The van der Waals surface area contributed by atoms with Gasteiger partial charge >= 0.3 is 12.4 Å². The number of benzene rings is 1. The Morgan fingerprint density at radius 1 is 1.13 bits per heavy atom. The van der Waals surface area contributed by atoms with Crippen molar-refractivity contribution in [2.45, 2.75) is 38.1 Å². The number of hydrogen-bond acceptors (Lipinski definition) is 5. The second-order valence-corrected chi connectivity index (χ2v) is 7.42. The fraction of sp³-hybridized carbons (Fsp3) is 0.412. The minimum atomic E-state index is -5.06. The molecule has 0 amide bonds. The molecule has 0 aliphatic heterocycles. The highest BCUT2D eigenvalue weighted by Crippen LogP contribution is 2.44. The number of nitrogens with two attached hydrogens (primary N) is 1. The Morgan fingerprint density at radius 2 is 1.65 bits per heavy atom. The van der Waals surface area contributed by atoms with Gasteiger partial charge in [0.25, 0.3) is 0 Å². The summed E-state index contributed by atoms with van der Waals surface area (Å²) in [5.74, 6) is -2.50. The van der Waals surface area contributed by atoms with E-state index in [9.17, 15) is 31.6 Å². The standard InChI is InChI=1S/C17H14Cl2F6N4O2/c1-15(2,30-3)31-13(17(23,24)25)11-10(6-26)28-29(14(11)27)12-8(18)4-7(5-9(12)19)16(20,21)22/h4-5,13H,27H2,1-3H3. The van der Waals surface area contributed by atoms with Gasteiger partial charge in [0.2, 0.25) is 0 Å². The van der Waals surface area contributed by atoms with Crippen molar-refractivity contribution in [3.8, 4) is 11.8 Å². The van der Waals surface area contributed by atoms with Gasteiger partial charge in [-0.3, -0.25) is 0 Å². The number of alkyl halides is 6. The number of hydrogen-bond donors (Lipinski definition) is 1. The van der Waals surface area contributed by atoms with Crippen LogP contribution < -0.4 is 5.73 Å². The molecule has 2 N–H and O–H groups in total. The molecule has 0 bridgehead atoms. The molecule has 170 valence electrons. The third-order valence-electron chi connectivity index (χ3n) is 4.07. The summed E-state index contributed by atoms with van der Waals surface area (Å²) in [7, 11) is 1.10. The molecule has 6 nitrogen and oxygen atoms in total. The minimum Gasteiger partial charge on any atom is -0.383 e. The van der Waals surface area contributed by atoms with E-state index < -0.39 is 62.6 Å². The van der Waals surface area contributed by atoms with Crippen molar-refractivity contribution in [1.82, 2.24) is 9.78 Å². The molecular weight excluding hydrogens is 477 g/mol. The molecular formula is C17H14Cl2F6N4O2. The van der Waals surface area contributed by atoms with Crippen molar-refractivity contribution in [2.75, 3.05) is 12.8 Å².